The summed E-state index contributed by atoms with van der Waals surface area (Å²) in [7, 11) is 2.13. The van der Waals surface area contributed by atoms with Gasteiger partial charge in [-0.05, 0) is 55.9 Å². The Morgan fingerprint density at radius 3 is 2.85 bits per heavy atom. The minimum atomic E-state index is -0.00367. The molecule has 1 amide bonds. The van der Waals surface area contributed by atoms with E-state index in [0.29, 0.717) is 28.5 Å². The highest BCUT2D eigenvalue weighted by Crippen LogP contribution is 2.33. The Morgan fingerprint density at radius 2 is 2.00 bits per heavy atom. The highest BCUT2D eigenvalue weighted by molar-refractivity contribution is 8.16. The van der Waals surface area contributed by atoms with Crippen molar-refractivity contribution in [3.8, 4) is 22.5 Å². The lowest BCUT2D eigenvalue weighted by Gasteiger charge is -2.30. The summed E-state index contributed by atoms with van der Waals surface area (Å²) >= 11 is 1.64. The number of benzene rings is 2. The number of aromatic nitrogens is 4. The minimum Gasteiger partial charge on any atom is -0.340 e. The first-order valence-corrected chi connectivity index (χ1v) is 13.9. The third kappa shape index (κ3) is 4.77. The van der Waals surface area contributed by atoms with E-state index in [-0.39, 0.29) is 11.9 Å². The van der Waals surface area contributed by atoms with Gasteiger partial charge in [0, 0.05) is 52.1 Å². The van der Waals surface area contributed by atoms with Gasteiger partial charge in [-0.25, -0.2) is 14.8 Å². The Hall–Kier alpha value is -4.15. The molecular formula is C29H27N8OS+. The van der Waals surface area contributed by atoms with E-state index >= 15 is 0 Å². The first kappa shape index (κ1) is 23.9. The number of nitrogens with zero attached hydrogens (tertiary/aromatic N) is 6. The van der Waals surface area contributed by atoms with Gasteiger partial charge in [0.1, 0.15) is 5.82 Å². The number of aromatic amines is 1. The van der Waals surface area contributed by atoms with Crippen molar-refractivity contribution in [2.75, 3.05) is 25.5 Å². The van der Waals surface area contributed by atoms with Crippen LogP contribution in [-0.4, -0.2) is 78.2 Å². The van der Waals surface area contributed by atoms with Crippen LogP contribution < -0.4 is 5.32 Å². The van der Waals surface area contributed by atoms with E-state index < -0.39 is 0 Å². The maximum atomic E-state index is 13.3. The van der Waals surface area contributed by atoms with Crippen molar-refractivity contribution in [3.05, 3.63) is 78.2 Å². The Labute approximate surface area is 230 Å². The third-order valence-corrected chi connectivity index (χ3v) is 8.67. The summed E-state index contributed by atoms with van der Waals surface area (Å²) < 4.78 is 1.79. The molecule has 2 N–H and O–H groups in total. The van der Waals surface area contributed by atoms with Crippen molar-refractivity contribution in [1.82, 2.24) is 25.1 Å². The number of nitrogens with one attached hydrogen (secondary N) is 2. The van der Waals surface area contributed by atoms with Crippen molar-refractivity contribution in [3.63, 3.8) is 0 Å². The van der Waals surface area contributed by atoms with Crippen LogP contribution >= 0.6 is 11.8 Å². The van der Waals surface area contributed by atoms with Crippen LogP contribution in [0.25, 0.3) is 22.5 Å². The molecule has 3 aliphatic heterocycles. The zero-order chi connectivity index (χ0) is 26.3. The van der Waals surface area contributed by atoms with Crippen molar-refractivity contribution in [2.24, 2.45) is 4.99 Å². The molecule has 9 nitrogen and oxygen atoms in total. The van der Waals surface area contributed by atoms with Gasteiger partial charge in [-0.2, -0.15) is 9.67 Å². The molecule has 0 spiro atoms. The van der Waals surface area contributed by atoms with Gasteiger partial charge in [-0.1, -0.05) is 30.0 Å². The smallest absolute Gasteiger partial charge is 0.340 e. The highest BCUT2D eigenvalue weighted by Gasteiger charge is 2.41. The van der Waals surface area contributed by atoms with Gasteiger partial charge in [0.05, 0.1) is 12.2 Å². The fraction of sp³-hybridized carbons (Fsp3) is 0.241. The zero-order valence-electron chi connectivity index (χ0n) is 21.4. The number of anilines is 2. The number of rotatable bonds is 5. The van der Waals surface area contributed by atoms with Crippen LogP contribution in [-0.2, 0) is 11.3 Å². The van der Waals surface area contributed by atoms with Gasteiger partial charge in [-0.3, -0.25) is 10.1 Å². The molecule has 7 rings (SSSR count). The molecule has 0 radical (unpaired) electrons. The number of hydrogen-bond acceptors (Lipinski definition) is 8. The average molecular weight is 536 g/mol. The van der Waals surface area contributed by atoms with Crippen LogP contribution in [0.2, 0.25) is 0 Å². The lowest BCUT2D eigenvalue weighted by atomic mass is 10.1. The van der Waals surface area contributed by atoms with Crippen molar-refractivity contribution >= 4 is 40.4 Å². The molecule has 194 valence electrons. The standard InChI is InChI=1S/C29H26N8OS/c1-36-11-9-24-25(17-36)39-28(34-24)29(38)37-15-20-3-2-19(12-21(20)16-37)27-30-10-8-26(35-27)33-23-6-4-18(5-7-23)22-13-31-32-14-22/h2-8,10,12-15,24-25H,9,11,16-17H2,1H3,(H,30,35)/p+1. The van der Waals surface area contributed by atoms with E-state index in [2.05, 4.69) is 38.5 Å². The molecule has 1 fully saturated rings. The number of thioether (sulfide) groups is 1. The molecule has 2 aromatic carbocycles. The summed E-state index contributed by atoms with van der Waals surface area (Å²) in [6.45, 7) is 2.54. The monoisotopic (exact) mass is 535 g/mol. The quantitative estimate of drug-likeness (QED) is 0.373. The second-order valence-corrected chi connectivity index (χ2v) is 11.4. The number of H-pyrrole nitrogens is 1. The summed E-state index contributed by atoms with van der Waals surface area (Å²) in [6, 6.07) is 16.3. The van der Waals surface area contributed by atoms with E-state index in [0.717, 1.165) is 53.0 Å². The SMILES string of the molecule is CN1CCC2N=C(C(=O)[N+]3=Cc4ccc(-c5nccc(Nc6ccc(-c7cn[nH]c7)cc6)n5)cc4C3)SC2C1. The maximum absolute atomic E-state index is 13.3. The Balaban J connectivity index is 1.04. The first-order valence-electron chi connectivity index (χ1n) is 13.0. The molecule has 5 heterocycles. The first-order chi connectivity index (χ1) is 19.1. The molecule has 0 aliphatic carbocycles. The highest BCUT2D eigenvalue weighted by atomic mass is 32.2. The molecule has 1 saturated heterocycles. The van der Waals surface area contributed by atoms with Gasteiger partial charge in [0.15, 0.2) is 18.6 Å². The minimum absolute atomic E-state index is 0.00367. The number of carbonyl (C=O) groups is 1. The average Bonchev–Trinajstić information content (AvgIpc) is 3.72. The third-order valence-electron chi connectivity index (χ3n) is 7.40. The van der Waals surface area contributed by atoms with Crippen LogP contribution in [0, 0.1) is 0 Å². The van der Waals surface area contributed by atoms with E-state index in [1.165, 1.54) is 0 Å². The van der Waals surface area contributed by atoms with Crippen molar-refractivity contribution < 1.29 is 9.37 Å². The fourth-order valence-electron chi connectivity index (χ4n) is 5.28. The number of piperidine rings is 1. The van der Waals surface area contributed by atoms with Gasteiger partial charge in [-0.15, -0.1) is 0 Å². The number of carbonyl (C=O) groups excluding carboxylic acids is 1. The Kier molecular flexibility index (Phi) is 6.05. The molecule has 0 saturated carbocycles. The molecule has 2 atom stereocenters. The predicted octanol–water partition coefficient (Wildman–Crippen LogP) is 3.97. The lowest BCUT2D eigenvalue weighted by Crippen LogP contribution is -2.40. The van der Waals surface area contributed by atoms with Crippen LogP contribution in [0.3, 0.4) is 0 Å². The second-order valence-electron chi connectivity index (χ2n) is 10.1. The Morgan fingerprint density at radius 1 is 1.13 bits per heavy atom. The lowest BCUT2D eigenvalue weighted by molar-refractivity contribution is -0.447. The van der Waals surface area contributed by atoms with Crippen LogP contribution in [0.5, 0.6) is 0 Å². The maximum Gasteiger partial charge on any atom is 0.444 e. The summed E-state index contributed by atoms with van der Waals surface area (Å²) in [5, 5.41) is 11.2. The summed E-state index contributed by atoms with van der Waals surface area (Å²) in [5.74, 6) is 1.34. The van der Waals surface area contributed by atoms with Gasteiger partial charge < -0.3 is 10.2 Å². The number of fused-ring (bicyclic) bond motifs is 2. The molecule has 3 aliphatic rings. The molecular weight excluding hydrogens is 508 g/mol. The van der Waals surface area contributed by atoms with Gasteiger partial charge in [0.2, 0.25) is 5.04 Å². The van der Waals surface area contributed by atoms with Gasteiger partial charge in [0.25, 0.3) is 0 Å². The van der Waals surface area contributed by atoms with E-state index in [9.17, 15) is 4.79 Å². The zero-order valence-corrected chi connectivity index (χ0v) is 22.2. The molecule has 4 aromatic rings. The normalized spacial score (nSPS) is 20.2. The number of likely N-dealkylation sites (tertiary alicyclic amines) is 1. The van der Waals surface area contributed by atoms with Gasteiger partial charge >= 0.3 is 5.91 Å². The molecule has 0 bridgehead atoms. The molecule has 2 aromatic heterocycles. The van der Waals surface area contributed by atoms with E-state index in [1.54, 1.807) is 28.7 Å². The summed E-state index contributed by atoms with van der Waals surface area (Å²) in [4.78, 5) is 29.7. The van der Waals surface area contributed by atoms with Crippen molar-refractivity contribution in [1.29, 1.82) is 0 Å². The van der Waals surface area contributed by atoms with Crippen LogP contribution in [0.4, 0.5) is 11.5 Å². The van der Waals surface area contributed by atoms with E-state index in [1.807, 2.05) is 54.9 Å². The van der Waals surface area contributed by atoms with E-state index in [4.69, 9.17) is 9.98 Å². The number of aliphatic imine (C=N–C) groups is 1. The molecule has 39 heavy (non-hydrogen) atoms. The second kappa shape index (κ2) is 9.87. The molecule has 2 unspecified atom stereocenters. The number of amides is 1. The molecule has 10 heteroatoms. The summed E-state index contributed by atoms with van der Waals surface area (Å²) in [6.07, 6.45) is 8.38. The van der Waals surface area contributed by atoms with Crippen molar-refractivity contribution in [2.45, 2.75) is 24.3 Å². The topological polar surface area (TPSA) is 102 Å². The number of hydrogen-bond donors (Lipinski definition) is 2. The predicted molar refractivity (Wildman–Crippen MR) is 154 cm³/mol. The van der Waals surface area contributed by atoms with Crippen LogP contribution in [0.15, 0.2) is 72.1 Å². The fourth-order valence-corrected chi connectivity index (χ4v) is 6.66. The Bertz CT molecular complexity index is 1610. The van der Waals surface area contributed by atoms with Crippen LogP contribution in [0.1, 0.15) is 17.5 Å². The largest absolute Gasteiger partial charge is 0.444 e. The summed E-state index contributed by atoms with van der Waals surface area (Å²) in [5.41, 5.74) is 6.10.